The Morgan fingerprint density at radius 3 is 2.68 bits per heavy atom. The summed E-state index contributed by atoms with van der Waals surface area (Å²) in [5, 5.41) is 0. The van der Waals surface area contributed by atoms with Gasteiger partial charge < -0.3 is 4.74 Å². The number of hydrogen-bond acceptors (Lipinski definition) is 3. The first-order chi connectivity index (χ1) is 11.7. The SMILES string of the molecule is C=CCCCC(=O)CCC1C(=O)CCC2(C)C(OC(C)(C)C)CCC12. The maximum absolute atomic E-state index is 12.6. The van der Waals surface area contributed by atoms with Gasteiger partial charge in [0, 0.05) is 25.2 Å². The molecule has 0 saturated heterocycles. The van der Waals surface area contributed by atoms with Gasteiger partial charge in [0.2, 0.25) is 0 Å². The highest BCUT2D eigenvalue weighted by molar-refractivity contribution is 5.84. The van der Waals surface area contributed by atoms with Gasteiger partial charge in [0.25, 0.3) is 0 Å². The molecule has 4 unspecified atom stereocenters. The first-order valence-electron chi connectivity index (χ1n) is 10.0. The molecule has 2 fully saturated rings. The Labute approximate surface area is 153 Å². The number of hydrogen-bond donors (Lipinski definition) is 0. The van der Waals surface area contributed by atoms with Crippen LogP contribution in [0.4, 0.5) is 0 Å². The quantitative estimate of drug-likeness (QED) is 0.443. The third-order valence-electron chi connectivity index (χ3n) is 6.23. The third-order valence-corrected chi connectivity index (χ3v) is 6.23. The fourth-order valence-corrected chi connectivity index (χ4v) is 4.91. The molecule has 142 valence electrons. The number of carbonyl (C=O) groups excluding carboxylic acids is 2. The minimum absolute atomic E-state index is 0.0515. The van der Waals surface area contributed by atoms with Crippen molar-refractivity contribution in [2.24, 2.45) is 17.3 Å². The van der Waals surface area contributed by atoms with Crippen molar-refractivity contribution in [1.82, 2.24) is 0 Å². The summed E-state index contributed by atoms with van der Waals surface area (Å²) >= 11 is 0. The Bertz CT molecular complexity index is 502. The zero-order chi connectivity index (χ0) is 18.7. The molecule has 2 saturated carbocycles. The molecule has 0 aromatic rings. The normalized spacial score (nSPS) is 32.5. The van der Waals surface area contributed by atoms with E-state index in [2.05, 4.69) is 34.3 Å². The van der Waals surface area contributed by atoms with E-state index >= 15 is 0 Å². The molecule has 0 N–H and O–H groups in total. The van der Waals surface area contributed by atoms with Gasteiger partial charge in [0.05, 0.1) is 11.7 Å². The first kappa shape index (κ1) is 20.4. The number of rotatable bonds is 8. The van der Waals surface area contributed by atoms with E-state index in [9.17, 15) is 9.59 Å². The Morgan fingerprint density at radius 1 is 1.32 bits per heavy atom. The third kappa shape index (κ3) is 5.03. The molecule has 25 heavy (non-hydrogen) atoms. The average molecular weight is 349 g/mol. The van der Waals surface area contributed by atoms with Crippen LogP contribution in [-0.2, 0) is 14.3 Å². The number of Topliss-reactive ketones (excluding diaryl/α,β-unsaturated/α-hetero) is 2. The van der Waals surface area contributed by atoms with Gasteiger partial charge in [-0.05, 0) is 70.6 Å². The van der Waals surface area contributed by atoms with E-state index in [0.717, 1.165) is 38.5 Å². The highest BCUT2D eigenvalue weighted by atomic mass is 16.5. The van der Waals surface area contributed by atoms with Crippen molar-refractivity contribution < 1.29 is 14.3 Å². The number of unbranched alkanes of at least 4 members (excludes halogenated alkanes) is 1. The van der Waals surface area contributed by atoms with Crippen molar-refractivity contribution in [1.29, 1.82) is 0 Å². The zero-order valence-electron chi connectivity index (χ0n) is 16.6. The van der Waals surface area contributed by atoms with Crippen molar-refractivity contribution in [3.63, 3.8) is 0 Å². The summed E-state index contributed by atoms with van der Waals surface area (Å²) in [6.07, 6.45) is 9.42. The second-order valence-electron chi connectivity index (χ2n) is 9.24. The van der Waals surface area contributed by atoms with Crippen molar-refractivity contribution in [3.05, 3.63) is 12.7 Å². The van der Waals surface area contributed by atoms with Crippen LogP contribution in [0.15, 0.2) is 12.7 Å². The van der Waals surface area contributed by atoms with Crippen molar-refractivity contribution >= 4 is 11.6 Å². The van der Waals surface area contributed by atoms with E-state index in [1.165, 1.54) is 0 Å². The number of carbonyl (C=O) groups is 2. The molecule has 4 atom stereocenters. The minimum atomic E-state index is -0.152. The summed E-state index contributed by atoms with van der Waals surface area (Å²) < 4.78 is 6.36. The molecule has 0 spiro atoms. The molecule has 3 heteroatoms. The van der Waals surface area contributed by atoms with Gasteiger partial charge in [-0.15, -0.1) is 6.58 Å². The van der Waals surface area contributed by atoms with Gasteiger partial charge in [-0.2, -0.15) is 0 Å². The lowest BCUT2D eigenvalue weighted by Crippen LogP contribution is -2.46. The van der Waals surface area contributed by atoms with Gasteiger partial charge >= 0.3 is 0 Å². The summed E-state index contributed by atoms with van der Waals surface area (Å²) in [5.74, 6) is 1.10. The van der Waals surface area contributed by atoms with Gasteiger partial charge in [-0.25, -0.2) is 0 Å². The van der Waals surface area contributed by atoms with E-state index < -0.39 is 0 Å². The molecule has 2 aliphatic rings. The highest BCUT2D eigenvalue weighted by Gasteiger charge is 2.54. The Morgan fingerprint density at radius 2 is 2.04 bits per heavy atom. The van der Waals surface area contributed by atoms with Crippen LogP contribution in [0, 0.1) is 17.3 Å². The van der Waals surface area contributed by atoms with Crippen LogP contribution in [0.5, 0.6) is 0 Å². The predicted molar refractivity (Wildman–Crippen MR) is 101 cm³/mol. The topological polar surface area (TPSA) is 43.4 Å². The van der Waals surface area contributed by atoms with Crippen LogP contribution in [0.1, 0.15) is 85.5 Å². The second-order valence-corrected chi connectivity index (χ2v) is 9.24. The van der Waals surface area contributed by atoms with E-state index in [0.29, 0.717) is 36.7 Å². The van der Waals surface area contributed by atoms with E-state index in [4.69, 9.17) is 4.74 Å². The molecule has 3 nitrogen and oxygen atoms in total. The van der Waals surface area contributed by atoms with Crippen molar-refractivity contribution in [2.75, 3.05) is 0 Å². The fourth-order valence-electron chi connectivity index (χ4n) is 4.91. The largest absolute Gasteiger partial charge is 0.372 e. The zero-order valence-corrected chi connectivity index (χ0v) is 16.6. The lowest BCUT2D eigenvalue weighted by Gasteiger charge is -2.45. The molecule has 0 radical (unpaired) electrons. The number of ketones is 2. The lowest BCUT2D eigenvalue weighted by molar-refractivity contribution is -0.144. The van der Waals surface area contributed by atoms with E-state index in [-0.39, 0.29) is 23.0 Å². The van der Waals surface area contributed by atoms with Crippen LogP contribution in [0.2, 0.25) is 0 Å². The predicted octanol–water partition coefficient (Wildman–Crippen LogP) is 5.27. The van der Waals surface area contributed by atoms with E-state index in [1.807, 2.05) is 6.08 Å². The second kappa shape index (κ2) is 8.16. The molecule has 0 aliphatic heterocycles. The molecule has 0 aromatic heterocycles. The summed E-state index contributed by atoms with van der Waals surface area (Å²) in [6, 6.07) is 0. The van der Waals surface area contributed by atoms with Crippen molar-refractivity contribution in [3.8, 4) is 0 Å². The maximum atomic E-state index is 12.6. The lowest BCUT2D eigenvalue weighted by atomic mass is 9.62. The Kier molecular flexibility index (Phi) is 6.64. The van der Waals surface area contributed by atoms with Gasteiger partial charge in [-0.3, -0.25) is 9.59 Å². The number of allylic oxidation sites excluding steroid dienone is 1. The molecule has 0 aromatic carbocycles. The average Bonchev–Trinajstić information content (AvgIpc) is 2.82. The van der Waals surface area contributed by atoms with Crippen molar-refractivity contribution in [2.45, 2.75) is 97.2 Å². The first-order valence-corrected chi connectivity index (χ1v) is 10.0. The Balaban J connectivity index is 1.98. The van der Waals surface area contributed by atoms with Crippen LogP contribution >= 0.6 is 0 Å². The minimum Gasteiger partial charge on any atom is -0.372 e. The monoisotopic (exact) mass is 348 g/mol. The molecule has 0 bridgehead atoms. The summed E-state index contributed by atoms with van der Waals surface area (Å²) in [6.45, 7) is 12.3. The van der Waals surface area contributed by atoms with Crippen LogP contribution < -0.4 is 0 Å². The molecule has 2 aliphatic carbocycles. The fraction of sp³-hybridized carbons (Fsp3) is 0.818. The smallest absolute Gasteiger partial charge is 0.136 e. The van der Waals surface area contributed by atoms with Gasteiger partial charge in [0.1, 0.15) is 11.6 Å². The standard InChI is InChI=1S/C22H36O3/c1-6-7-8-9-16(23)10-11-17-18-12-13-20(25-21(2,3)4)22(18,5)15-14-19(17)24/h6,17-18,20H,1,7-15H2,2-5H3. The van der Waals surface area contributed by atoms with Crippen LogP contribution in [0.25, 0.3) is 0 Å². The summed E-state index contributed by atoms with van der Waals surface area (Å²) in [5.41, 5.74) is -0.0710. The molecule has 2 rings (SSSR count). The summed E-state index contributed by atoms with van der Waals surface area (Å²) in [4.78, 5) is 24.7. The molecular formula is C22H36O3. The number of fused-ring (bicyclic) bond motifs is 1. The molecule has 0 amide bonds. The molecule has 0 heterocycles. The maximum Gasteiger partial charge on any atom is 0.136 e. The summed E-state index contributed by atoms with van der Waals surface area (Å²) in [7, 11) is 0. The van der Waals surface area contributed by atoms with Crippen LogP contribution in [0.3, 0.4) is 0 Å². The van der Waals surface area contributed by atoms with Crippen LogP contribution in [-0.4, -0.2) is 23.3 Å². The van der Waals surface area contributed by atoms with Gasteiger partial charge in [-0.1, -0.05) is 13.0 Å². The van der Waals surface area contributed by atoms with E-state index in [1.54, 1.807) is 0 Å². The highest BCUT2D eigenvalue weighted by Crippen LogP contribution is 2.56. The Hall–Kier alpha value is -0.960. The van der Waals surface area contributed by atoms with Gasteiger partial charge in [0.15, 0.2) is 0 Å². The molecular weight excluding hydrogens is 312 g/mol. The number of ether oxygens (including phenoxy) is 1.